The summed E-state index contributed by atoms with van der Waals surface area (Å²) >= 11 is 5.86. The van der Waals surface area contributed by atoms with Crippen molar-refractivity contribution in [3.05, 3.63) is 58.1 Å². The Labute approximate surface area is 180 Å². The number of halogens is 4. The van der Waals surface area contributed by atoms with Gasteiger partial charge in [-0.3, -0.25) is 9.69 Å². The molecule has 0 spiro atoms. The first-order valence-electron chi connectivity index (χ1n) is 9.43. The van der Waals surface area contributed by atoms with Crippen molar-refractivity contribution >= 4 is 23.3 Å². The molecule has 7 nitrogen and oxygen atoms in total. The zero-order valence-electron chi connectivity index (χ0n) is 16.6. The van der Waals surface area contributed by atoms with Crippen molar-refractivity contribution in [2.24, 2.45) is 0 Å². The molecule has 0 saturated carbocycles. The second-order valence-corrected chi connectivity index (χ2v) is 7.64. The Morgan fingerprint density at radius 2 is 2.00 bits per heavy atom. The molecule has 31 heavy (non-hydrogen) atoms. The van der Waals surface area contributed by atoms with Crippen LogP contribution >= 0.6 is 11.6 Å². The first-order valence-corrected chi connectivity index (χ1v) is 9.81. The van der Waals surface area contributed by atoms with E-state index in [1.54, 1.807) is 38.1 Å². The fourth-order valence-corrected chi connectivity index (χ4v) is 3.60. The summed E-state index contributed by atoms with van der Waals surface area (Å²) in [4.78, 5) is 14.5. The summed E-state index contributed by atoms with van der Waals surface area (Å²) in [6, 6.07) is 6.35. The highest BCUT2D eigenvalue weighted by Crippen LogP contribution is 2.40. The molecule has 0 bridgehead atoms. The van der Waals surface area contributed by atoms with Gasteiger partial charge in [-0.25, -0.2) is 4.68 Å². The van der Waals surface area contributed by atoms with E-state index in [1.165, 1.54) is 11.0 Å². The molecular formula is C20H18ClF3N4O3. The lowest BCUT2D eigenvalue weighted by Gasteiger charge is -2.33. The van der Waals surface area contributed by atoms with Crippen LogP contribution in [0.15, 0.2) is 34.9 Å². The van der Waals surface area contributed by atoms with E-state index >= 15 is 0 Å². The van der Waals surface area contributed by atoms with Gasteiger partial charge in [0.25, 0.3) is 5.91 Å². The molecule has 164 valence electrons. The fraction of sp³-hybridized carbons (Fsp3) is 0.350. The number of fused-ring (bicyclic) bond motifs is 1. The minimum atomic E-state index is -4.47. The van der Waals surface area contributed by atoms with E-state index < -0.39 is 18.1 Å². The van der Waals surface area contributed by atoms with Gasteiger partial charge in [0.2, 0.25) is 0 Å². The largest absolute Gasteiger partial charge is 0.489 e. The van der Waals surface area contributed by atoms with Gasteiger partial charge < -0.3 is 9.26 Å². The fourth-order valence-electron chi connectivity index (χ4n) is 3.47. The van der Waals surface area contributed by atoms with Crippen molar-refractivity contribution in [1.29, 1.82) is 0 Å². The van der Waals surface area contributed by atoms with E-state index in [4.69, 9.17) is 20.9 Å². The summed E-state index contributed by atoms with van der Waals surface area (Å²) in [6.07, 6.45) is -4.78. The van der Waals surface area contributed by atoms with Crippen LogP contribution in [0.1, 0.15) is 40.0 Å². The Balaban J connectivity index is 1.61. The Bertz CT molecular complexity index is 1110. The summed E-state index contributed by atoms with van der Waals surface area (Å²) in [5, 5.41) is 8.36. The van der Waals surface area contributed by atoms with Crippen LogP contribution in [0.2, 0.25) is 5.02 Å². The number of aromatic nitrogens is 3. The molecule has 0 radical (unpaired) electrons. The molecule has 1 aromatic carbocycles. The number of rotatable bonds is 4. The van der Waals surface area contributed by atoms with Crippen LogP contribution in [0.25, 0.3) is 0 Å². The molecule has 0 aliphatic carbocycles. The average molecular weight is 455 g/mol. The minimum Gasteiger partial charge on any atom is -0.489 e. The van der Waals surface area contributed by atoms with Gasteiger partial charge >= 0.3 is 6.18 Å². The first-order chi connectivity index (χ1) is 14.6. The van der Waals surface area contributed by atoms with Gasteiger partial charge in [-0.15, -0.1) is 0 Å². The summed E-state index contributed by atoms with van der Waals surface area (Å²) in [6.45, 7) is 3.08. The highest BCUT2D eigenvalue weighted by atomic mass is 35.5. The predicted molar refractivity (Wildman–Crippen MR) is 105 cm³/mol. The number of alkyl halides is 3. The molecule has 2 aromatic heterocycles. The Morgan fingerprint density at radius 3 is 2.68 bits per heavy atom. The van der Waals surface area contributed by atoms with Crippen LogP contribution < -0.4 is 9.64 Å². The molecule has 1 aliphatic heterocycles. The molecule has 3 aromatic rings. The van der Waals surface area contributed by atoms with Crippen LogP contribution in [-0.4, -0.2) is 33.6 Å². The molecular weight excluding hydrogens is 437 g/mol. The third kappa shape index (κ3) is 4.12. The standard InChI is InChI=1S/C20H18ClF3N4O3/c1-11-9-17-27(8-7-16(20(22,23)24)28(17)25-11)19(29)18-15(12(2)31-26-18)10-30-14-5-3-13(21)4-6-14/h3-6,9,16H,7-8,10H2,1-2H3. The van der Waals surface area contributed by atoms with E-state index in [2.05, 4.69) is 10.3 Å². The highest BCUT2D eigenvalue weighted by Gasteiger charge is 2.46. The number of hydrogen-bond donors (Lipinski definition) is 0. The zero-order chi connectivity index (χ0) is 22.3. The summed E-state index contributed by atoms with van der Waals surface area (Å²) < 4.78 is 52.0. The van der Waals surface area contributed by atoms with Crippen molar-refractivity contribution in [2.75, 3.05) is 11.4 Å². The Morgan fingerprint density at radius 1 is 1.29 bits per heavy atom. The topological polar surface area (TPSA) is 73.4 Å². The second-order valence-electron chi connectivity index (χ2n) is 7.20. The molecule has 1 atom stereocenters. The lowest BCUT2D eigenvalue weighted by Crippen LogP contribution is -2.43. The van der Waals surface area contributed by atoms with Gasteiger partial charge in [0, 0.05) is 17.6 Å². The number of benzene rings is 1. The number of hydrogen-bond acceptors (Lipinski definition) is 5. The quantitative estimate of drug-likeness (QED) is 0.562. The predicted octanol–water partition coefficient (Wildman–Crippen LogP) is 4.87. The van der Waals surface area contributed by atoms with Crippen LogP contribution in [0, 0.1) is 13.8 Å². The number of anilines is 1. The molecule has 1 unspecified atom stereocenters. The van der Waals surface area contributed by atoms with Crippen LogP contribution in [0.4, 0.5) is 19.0 Å². The maximum Gasteiger partial charge on any atom is 0.410 e. The van der Waals surface area contributed by atoms with Crippen molar-refractivity contribution in [1.82, 2.24) is 14.9 Å². The molecule has 0 saturated heterocycles. The maximum absolute atomic E-state index is 13.4. The smallest absolute Gasteiger partial charge is 0.410 e. The second kappa shape index (κ2) is 7.92. The van der Waals surface area contributed by atoms with Gasteiger partial charge in [-0.05, 0) is 44.5 Å². The number of carbonyl (C=O) groups excluding carboxylic acids is 1. The van der Waals surface area contributed by atoms with Gasteiger partial charge in [-0.1, -0.05) is 16.8 Å². The molecule has 3 heterocycles. The molecule has 1 aliphatic rings. The highest BCUT2D eigenvalue weighted by molar-refractivity contribution is 6.30. The van der Waals surface area contributed by atoms with E-state index in [0.717, 1.165) is 4.68 Å². The molecule has 1 amide bonds. The lowest BCUT2D eigenvalue weighted by atomic mass is 10.1. The van der Waals surface area contributed by atoms with Crippen molar-refractivity contribution < 1.29 is 27.2 Å². The number of carbonyl (C=O) groups is 1. The number of nitrogens with zero attached hydrogens (tertiary/aromatic N) is 4. The van der Waals surface area contributed by atoms with Crippen LogP contribution in [0.5, 0.6) is 5.75 Å². The summed E-state index contributed by atoms with van der Waals surface area (Å²) in [5.41, 5.74) is 0.787. The van der Waals surface area contributed by atoms with Crippen molar-refractivity contribution in [2.45, 2.75) is 39.1 Å². The minimum absolute atomic E-state index is 0.00462. The lowest BCUT2D eigenvalue weighted by molar-refractivity contribution is -0.172. The number of amides is 1. The number of ether oxygens (including phenoxy) is 1. The third-order valence-corrected chi connectivity index (χ3v) is 5.30. The summed E-state index contributed by atoms with van der Waals surface area (Å²) in [5.74, 6) is 0.407. The Hall–Kier alpha value is -3.01. The van der Waals surface area contributed by atoms with Crippen LogP contribution in [0.3, 0.4) is 0 Å². The van der Waals surface area contributed by atoms with E-state index in [0.29, 0.717) is 27.8 Å². The van der Waals surface area contributed by atoms with E-state index in [-0.39, 0.29) is 31.1 Å². The van der Waals surface area contributed by atoms with Gasteiger partial charge in [0.15, 0.2) is 11.7 Å². The first kappa shape index (κ1) is 21.2. The van der Waals surface area contributed by atoms with E-state index in [1.807, 2.05) is 0 Å². The molecule has 4 rings (SSSR count). The van der Waals surface area contributed by atoms with E-state index in [9.17, 15) is 18.0 Å². The average Bonchev–Trinajstić information content (AvgIpc) is 3.27. The van der Waals surface area contributed by atoms with Gasteiger partial charge in [0.1, 0.15) is 23.9 Å². The van der Waals surface area contributed by atoms with Crippen LogP contribution in [-0.2, 0) is 6.61 Å². The SMILES string of the molecule is Cc1cc2n(n1)C(C(F)(F)F)CCN2C(=O)c1noc(C)c1COc1ccc(Cl)cc1. The van der Waals surface area contributed by atoms with Crippen molar-refractivity contribution in [3.8, 4) is 5.75 Å². The number of aryl methyl sites for hydroxylation is 2. The molecule has 11 heteroatoms. The zero-order valence-corrected chi connectivity index (χ0v) is 17.4. The van der Waals surface area contributed by atoms with Gasteiger partial charge in [-0.2, -0.15) is 18.3 Å². The van der Waals surface area contributed by atoms with Crippen molar-refractivity contribution in [3.63, 3.8) is 0 Å². The molecule has 0 N–H and O–H groups in total. The Kier molecular flexibility index (Phi) is 5.42. The third-order valence-electron chi connectivity index (χ3n) is 5.04. The molecule has 0 fully saturated rings. The maximum atomic E-state index is 13.4. The monoisotopic (exact) mass is 454 g/mol. The van der Waals surface area contributed by atoms with Gasteiger partial charge in [0.05, 0.1) is 11.3 Å². The summed E-state index contributed by atoms with van der Waals surface area (Å²) in [7, 11) is 0. The normalized spacial score (nSPS) is 16.3.